The molecule has 0 radical (unpaired) electrons. The summed E-state index contributed by atoms with van der Waals surface area (Å²) in [5.41, 5.74) is 0. The van der Waals surface area contributed by atoms with Crippen LogP contribution < -0.4 is 0 Å². The minimum atomic E-state index is -5.92. The maximum absolute atomic E-state index is 12.7. The van der Waals surface area contributed by atoms with E-state index in [9.17, 15) is 26.3 Å². The third kappa shape index (κ3) is 1.94. The molecule has 0 N–H and O–H groups in total. The lowest BCUT2D eigenvalue weighted by Crippen LogP contribution is -2.57. The van der Waals surface area contributed by atoms with E-state index in [1.807, 2.05) is 0 Å². The van der Waals surface area contributed by atoms with E-state index < -0.39 is 18.1 Å². The molecule has 2 nitrogen and oxygen atoms in total. The van der Waals surface area contributed by atoms with Crippen LogP contribution in [0.1, 0.15) is 0 Å². The molecule has 8 heteroatoms. The molecule has 0 aromatic rings. The van der Waals surface area contributed by atoms with Gasteiger partial charge >= 0.3 is 18.1 Å². The maximum Gasteiger partial charge on any atom is 0.468 e. The summed E-state index contributed by atoms with van der Waals surface area (Å²) in [7, 11) is 0.147. The monoisotopic (exact) mass is 224 g/mol. The van der Waals surface area contributed by atoms with Crippen LogP contribution in [0.4, 0.5) is 26.3 Å². The van der Waals surface area contributed by atoms with Crippen molar-refractivity contribution in [3.63, 3.8) is 0 Å². The van der Waals surface area contributed by atoms with Gasteiger partial charge in [-0.05, 0) is 0 Å². The number of rotatable bonds is 4. The smallest absolute Gasteiger partial charge is 0.437 e. The Morgan fingerprint density at radius 3 is 1.71 bits per heavy atom. The zero-order valence-electron chi connectivity index (χ0n) is 6.87. The minimum Gasteiger partial charge on any atom is -0.437 e. The van der Waals surface area contributed by atoms with E-state index in [1.165, 1.54) is 0 Å². The van der Waals surface area contributed by atoms with Gasteiger partial charge in [-0.25, -0.2) is 0 Å². The first-order valence-corrected chi connectivity index (χ1v) is 3.09. The highest BCUT2D eigenvalue weighted by molar-refractivity contribution is 4.87. The van der Waals surface area contributed by atoms with Crippen molar-refractivity contribution in [1.29, 1.82) is 0 Å². The summed E-state index contributed by atoms with van der Waals surface area (Å²) in [6, 6.07) is 0. The highest BCUT2D eigenvalue weighted by Gasteiger charge is 2.75. The van der Waals surface area contributed by atoms with Crippen molar-refractivity contribution in [2.24, 2.45) is 0 Å². The van der Waals surface area contributed by atoms with Crippen LogP contribution in [-0.2, 0) is 9.47 Å². The molecule has 0 saturated heterocycles. The normalized spacial score (nSPS) is 17.4. The number of methoxy groups -OCH3 is 1. The zero-order valence-corrected chi connectivity index (χ0v) is 6.87. The summed E-state index contributed by atoms with van der Waals surface area (Å²) in [5.74, 6) is -5.20. The third-order valence-electron chi connectivity index (χ3n) is 1.25. The van der Waals surface area contributed by atoms with Crippen molar-refractivity contribution in [2.45, 2.75) is 18.1 Å². The average Bonchev–Trinajstić information content (AvgIpc) is 2.00. The Morgan fingerprint density at radius 1 is 1.07 bits per heavy atom. The van der Waals surface area contributed by atoms with E-state index in [1.54, 1.807) is 0 Å². The van der Waals surface area contributed by atoms with Crippen LogP contribution in [0.15, 0.2) is 12.8 Å². The number of halogens is 6. The molecule has 0 fully saturated rings. The summed E-state index contributed by atoms with van der Waals surface area (Å²) in [6.45, 7) is 2.58. The lowest BCUT2D eigenvalue weighted by Gasteiger charge is -2.31. The molecule has 0 aromatic heterocycles. The molecule has 0 amide bonds. The second kappa shape index (κ2) is 3.68. The lowest BCUT2D eigenvalue weighted by molar-refractivity contribution is -0.444. The van der Waals surface area contributed by atoms with Gasteiger partial charge in [0.2, 0.25) is 0 Å². The van der Waals surface area contributed by atoms with Gasteiger partial charge in [0.1, 0.15) is 0 Å². The Morgan fingerprint density at radius 2 is 1.50 bits per heavy atom. The van der Waals surface area contributed by atoms with Crippen molar-refractivity contribution in [3.8, 4) is 0 Å². The second-order valence-electron chi connectivity index (χ2n) is 2.10. The molecule has 0 heterocycles. The van der Waals surface area contributed by atoms with Gasteiger partial charge in [-0.2, -0.15) is 26.3 Å². The predicted molar refractivity (Wildman–Crippen MR) is 33.1 cm³/mol. The maximum atomic E-state index is 12.7. The third-order valence-corrected chi connectivity index (χ3v) is 1.25. The van der Waals surface area contributed by atoms with Gasteiger partial charge in [0, 0.05) is 7.11 Å². The van der Waals surface area contributed by atoms with Crippen LogP contribution in [0.25, 0.3) is 0 Å². The summed E-state index contributed by atoms with van der Waals surface area (Å²) in [6.07, 6.45) is -11.1. The quantitative estimate of drug-likeness (QED) is 0.539. The second-order valence-corrected chi connectivity index (χ2v) is 2.10. The predicted octanol–water partition coefficient (Wildman–Crippen LogP) is 2.61. The van der Waals surface area contributed by atoms with Gasteiger partial charge in [-0.1, -0.05) is 6.58 Å². The van der Waals surface area contributed by atoms with Crippen LogP contribution in [0.3, 0.4) is 0 Å². The summed E-state index contributed by atoms with van der Waals surface area (Å²) < 4.78 is 79.3. The SMILES string of the molecule is C=COC(F)(F)C(F)(OC)C(F)(F)F. The molecule has 0 bridgehead atoms. The summed E-state index contributed by atoms with van der Waals surface area (Å²) in [5, 5.41) is 0. The van der Waals surface area contributed by atoms with Gasteiger partial charge in [0.05, 0.1) is 6.26 Å². The fourth-order valence-electron chi connectivity index (χ4n) is 0.580. The van der Waals surface area contributed by atoms with Crippen LogP contribution in [0, 0.1) is 0 Å². The molecule has 1 unspecified atom stereocenters. The Kier molecular flexibility index (Phi) is 3.44. The van der Waals surface area contributed by atoms with E-state index in [2.05, 4.69) is 16.1 Å². The molecule has 1 atom stereocenters. The molecule has 0 aliphatic heterocycles. The highest BCUT2D eigenvalue weighted by Crippen LogP contribution is 2.46. The molecule has 0 aliphatic rings. The molecule has 0 aliphatic carbocycles. The Labute approximate surface area is 75.1 Å². The molecule has 0 aromatic carbocycles. The Bertz CT molecular complexity index is 213. The largest absolute Gasteiger partial charge is 0.468 e. The fourth-order valence-corrected chi connectivity index (χ4v) is 0.580. The fraction of sp³-hybridized carbons (Fsp3) is 0.667. The summed E-state index contributed by atoms with van der Waals surface area (Å²) in [4.78, 5) is 0. The van der Waals surface area contributed by atoms with Gasteiger partial charge in [-0.15, -0.1) is 0 Å². The van der Waals surface area contributed by atoms with Crippen LogP contribution in [0.2, 0.25) is 0 Å². The van der Waals surface area contributed by atoms with Crippen molar-refractivity contribution in [3.05, 3.63) is 12.8 Å². The first-order chi connectivity index (χ1) is 6.12. The molecular weight excluding hydrogens is 218 g/mol. The van der Waals surface area contributed by atoms with Crippen molar-refractivity contribution in [1.82, 2.24) is 0 Å². The van der Waals surface area contributed by atoms with E-state index in [0.29, 0.717) is 0 Å². The molecule has 0 spiro atoms. The molecular formula is C6H6F6O2. The standard InChI is InChI=1S/C6H6F6O2/c1-3-14-6(11,12)4(7,13-2)5(8,9)10/h3H,1H2,2H3. The topological polar surface area (TPSA) is 18.5 Å². The number of alkyl halides is 6. The number of hydrogen-bond acceptors (Lipinski definition) is 2. The van der Waals surface area contributed by atoms with Crippen LogP contribution in [0.5, 0.6) is 0 Å². The Hall–Kier alpha value is -0.920. The molecule has 0 saturated carbocycles. The van der Waals surface area contributed by atoms with Crippen LogP contribution in [-0.4, -0.2) is 25.2 Å². The van der Waals surface area contributed by atoms with Crippen LogP contribution >= 0.6 is 0 Å². The van der Waals surface area contributed by atoms with Gasteiger partial charge in [-0.3, -0.25) is 0 Å². The average molecular weight is 224 g/mol. The van der Waals surface area contributed by atoms with E-state index in [0.717, 1.165) is 0 Å². The molecule has 14 heavy (non-hydrogen) atoms. The highest BCUT2D eigenvalue weighted by atomic mass is 19.4. The van der Waals surface area contributed by atoms with E-state index in [-0.39, 0.29) is 13.4 Å². The Balaban J connectivity index is 5.13. The molecule has 0 rings (SSSR count). The minimum absolute atomic E-state index is 0.0148. The van der Waals surface area contributed by atoms with Gasteiger partial charge in [0.25, 0.3) is 0 Å². The van der Waals surface area contributed by atoms with Crippen molar-refractivity contribution in [2.75, 3.05) is 7.11 Å². The first-order valence-electron chi connectivity index (χ1n) is 3.09. The van der Waals surface area contributed by atoms with E-state index >= 15 is 0 Å². The van der Waals surface area contributed by atoms with E-state index in [4.69, 9.17) is 0 Å². The van der Waals surface area contributed by atoms with Crippen molar-refractivity contribution < 1.29 is 35.8 Å². The van der Waals surface area contributed by atoms with Crippen molar-refractivity contribution >= 4 is 0 Å². The summed E-state index contributed by atoms with van der Waals surface area (Å²) >= 11 is 0. The zero-order chi connectivity index (χ0) is 11.6. The lowest BCUT2D eigenvalue weighted by atomic mass is 10.3. The number of ether oxygens (including phenoxy) is 2. The number of hydrogen-bond donors (Lipinski definition) is 0. The van der Waals surface area contributed by atoms with Gasteiger partial charge < -0.3 is 9.47 Å². The molecule has 84 valence electrons. The van der Waals surface area contributed by atoms with Gasteiger partial charge in [0.15, 0.2) is 0 Å². The first kappa shape index (κ1) is 13.1.